The molecule has 0 saturated carbocycles. The van der Waals surface area contributed by atoms with Crippen molar-refractivity contribution in [3.05, 3.63) is 157 Å². The number of pyridine rings is 2. The van der Waals surface area contributed by atoms with Crippen molar-refractivity contribution in [1.82, 2.24) is 19.9 Å². The lowest BCUT2D eigenvalue weighted by molar-refractivity contribution is 0.855. The Morgan fingerprint density at radius 2 is 1.34 bits per heavy atom. The van der Waals surface area contributed by atoms with Gasteiger partial charge < -0.3 is 9.88 Å². The first kappa shape index (κ1) is 26.0. The number of benzene rings is 6. The topological polar surface area (TPSA) is 42.7 Å². The van der Waals surface area contributed by atoms with E-state index in [1.54, 1.807) is 0 Å². The van der Waals surface area contributed by atoms with E-state index in [0.29, 0.717) is 0 Å². The molecule has 0 unspecified atom stereocenters. The Hall–Kier alpha value is -6.26. The number of hydrogen-bond acceptors (Lipinski definition) is 3. The maximum absolute atomic E-state index is 5.24. The number of rotatable bonds is 4. The zero-order valence-electron chi connectivity index (χ0n) is 25.5. The molecule has 0 bridgehead atoms. The summed E-state index contributed by atoms with van der Waals surface area (Å²) in [5.74, 6) is 0. The van der Waals surface area contributed by atoms with E-state index in [1.165, 1.54) is 54.5 Å². The predicted molar refractivity (Wildman–Crippen MR) is 195 cm³/mol. The van der Waals surface area contributed by atoms with Crippen LogP contribution < -0.4 is 5.32 Å². The molecule has 0 saturated heterocycles. The fourth-order valence-corrected chi connectivity index (χ4v) is 7.51. The molecular formula is C43H28N4. The van der Waals surface area contributed by atoms with Crippen molar-refractivity contribution in [2.24, 2.45) is 0 Å². The maximum atomic E-state index is 5.24. The van der Waals surface area contributed by atoms with E-state index in [-0.39, 0.29) is 0 Å². The summed E-state index contributed by atoms with van der Waals surface area (Å²) >= 11 is 0. The molecule has 3 aromatic heterocycles. The summed E-state index contributed by atoms with van der Waals surface area (Å²) in [6, 6.07) is 47.9. The smallest absolute Gasteiger partial charge is 0.0899 e. The Bertz CT molecular complexity index is 2650. The van der Waals surface area contributed by atoms with Crippen LogP contribution in [0.15, 0.2) is 146 Å². The van der Waals surface area contributed by atoms with Gasteiger partial charge in [0.15, 0.2) is 0 Å². The molecule has 4 heteroatoms. The first-order chi connectivity index (χ1) is 23.3. The van der Waals surface area contributed by atoms with Gasteiger partial charge in [-0.15, -0.1) is 0 Å². The van der Waals surface area contributed by atoms with Gasteiger partial charge in [-0.3, -0.25) is 4.98 Å². The van der Waals surface area contributed by atoms with Gasteiger partial charge in [0.05, 0.1) is 28.3 Å². The van der Waals surface area contributed by atoms with Crippen molar-refractivity contribution in [2.45, 2.75) is 6.54 Å². The lowest BCUT2D eigenvalue weighted by Crippen LogP contribution is -2.10. The molecule has 1 N–H and O–H groups in total. The molecule has 10 rings (SSSR count). The maximum Gasteiger partial charge on any atom is 0.0899 e. The van der Waals surface area contributed by atoms with E-state index in [0.717, 1.165) is 46.0 Å². The minimum absolute atomic E-state index is 0.830. The van der Waals surface area contributed by atoms with Crippen LogP contribution in [0.3, 0.4) is 0 Å². The molecule has 220 valence electrons. The summed E-state index contributed by atoms with van der Waals surface area (Å²) in [6.45, 7) is 0.830. The van der Waals surface area contributed by atoms with Gasteiger partial charge in [-0.2, -0.15) is 0 Å². The Kier molecular flexibility index (Phi) is 5.60. The lowest BCUT2D eigenvalue weighted by atomic mass is 9.90. The highest BCUT2D eigenvalue weighted by atomic mass is 15.0. The normalized spacial score (nSPS) is 12.7. The quantitative estimate of drug-likeness (QED) is 0.204. The van der Waals surface area contributed by atoms with Crippen molar-refractivity contribution in [3.63, 3.8) is 0 Å². The van der Waals surface area contributed by atoms with E-state index in [4.69, 9.17) is 4.98 Å². The number of nitrogens with zero attached hydrogens (tertiary/aromatic N) is 3. The Labute approximate surface area is 271 Å². The molecule has 0 amide bonds. The number of fused-ring (bicyclic) bond motifs is 3. The van der Waals surface area contributed by atoms with E-state index in [9.17, 15) is 0 Å². The van der Waals surface area contributed by atoms with Crippen LogP contribution in [-0.4, -0.2) is 14.5 Å². The van der Waals surface area contributed by atoms with Gasteiger partial charge in [-0.1, -0.05) is 91.0 Å². The van der Waals surface area contributed by atoms with E-state index < -0.39 is 0 Å². The van der Waals surface area contributed by atoms with E-state index in [2.05, 4.69) is 136 Å². The van der Waals surface area contributed by atoms with Gasteiger partial charge in [0.25, 0.3) is 0 Å². The molecule has 6 aromatic carbocycles. The predicted octanol–water partition coefficient (Wildman–Crippen LogP) is 10.4. The molecule has 4 heterocycles. The van der Waals surface area contributed by atoms with Crippen molar-refractivity contribution in [3.8, 4) is 39.5 Å². The standard InChI is InChI=1S/C43H28N4/c1-2-10-40-34(8-1)36-26-44-23-21-41(36)47(40)32-17-13-27(14-18-32)31-24-38(46-39(25-31)37-9-3-4-22-45-37)33-19-15-30-12-11-28-6-5-7-29-16-20-35(33)43(30)42(28)29/h1-25,44H,26H2. The van der Waals surface area contributed by atoms with Crippen LogP contribution in [0.25, 0.3) is 88.8 Å². The number of para-hydroxylation sites is 1. The van der Waals surface area contributed by atoms with Crippen molar-refractivity contribution in [1.29, 1.82) is 0 Å². The number of nitrogens with one attached hydrogen (secondary N) is 1. The van der Waals surface area contributed by atoms with Crippen LogP contribution in [0.4, 0.5) is 0 Å². The Balaban J connectivity index is 1.15. The third-order valence-corrected chi connectivity index (χ3v) is 9.67. The second-order valence-electron chi connectivity index (χ2n) is 12.3. The highest BCUT2D eigenvalue weighted by Crippen LogP contribution is 2.40. The molecule has 0 radical (unpaired) electrons. The fraction of sp³-hybridized carbons (Fsp3) is 0.0233. The van der Waals surface area contributed by atoms with Crippen LogP contribution in [0.5, 0.6) is 0 Å². The second kappa shape index (κ2) is 10.1. The molecule has 4 nitrogen and oxygen atoms in total. The average Bonchev–Trinajstić information content (AvgIpc) is 3.48. The van der Waals surface area contributed by atoms with Gasteiger partial charge in [0.1, 0.15) is 0 Å². The van der Waals surface area contributed by atoms with Crippen LogP contribution in [0.1, 0.15) is 11.3 Å². The van der Waals surface area contributed by atoms with Gasteiger partial charge in [0.2, 0.25) is 0 Å². The first-order valence-corrected chi connectivity index (χ1v) is 16.0. The molecule has 0 spiro atoms. The summed E-state index contributed by atoms with van der Waals surface area (Å²) in [4.78, 5) is 9.93. The molecule has 9 aromatic rings. The van der Waals surface area contributed by atoms with E-state index in [1.807, 2.05) is 30.6 Å². The highest BCUT2D eigenvalue weighted by Gasteiger charge is 2.19. The van der Waals surface area contributed by atoms with Gasteiger partial charge in [0, 0.05) is 34.9 Å². The molecular weight excluding hydrogens is 573 g/mol. The fourth-order valence-electron chi connectivity index (χ4n) is 7.51. The summed E-state index contributed by atoms with van der Waals surface area (Å²) in [7, 11) is 0. The molecule has 0 atom stereocenters. The van der Waals surface area contributed by atoms with Gasteiger partial charge >= 0.3 is 0 Å². The van der Waals surface area contributed by atoms with Crippen LogP contribution in [0, 0.1) is 0 Å². The largest absolute Gasteiger partial charge is 0.387 e. The number of aromatic nitrogens is 3. The minimum atomic E-state index is 0.830. The van der Waals surface area contributed by atoms with Gasteiger partial charge in [-0.05, 0) is 98.2 Å². The zero-order chi connectivity index (χ0) is 30.9. The summed E-state index contributed by atoms with van der Waals surface area (Å²) in [5, 5.41) is 12.3. The number of hydrogen-bond donors (Lipinski definition) is 1. The zero-order valence-corrected chi connectivity index (χ0v) is 25.5. The van der Waals surface area contributed by atoms with Gasteiger partial charge in [-0.25, -0.2) is 4.98 Å². The Morgan fingerprint density at radius 1 is 0.574 bits per heavy atom. The van der Waals surface area contributed by atoms with Crippen molar-refractivity contribution in [2.75, 3.05) is 0 Å². The molecule has 1 aliphatic heterocycles. The highest BCUT2D eigenvalue weighted by molar-refractivity contribution is 6.25. The Morgan fingerprint density at radius 3 is 2.19 bits per heavy atom. The van der Waals surface area contributed by atoms with Crippen molar-refractivity contribution < 1.29 is 0 Å². The molecule has 0 fully saturated rings. The van der Waals surface area contributed by atoms with Crippen LogP contribution in [0.2, 0.25) is 0 Å². The monoisotopic (exact) mass is 600 g/mol. The van der Waals surface area contributed by atoms with Crippen molar-refractivity contribution >= 4 is 49.3 Å². The summed E-state index contributed by atoms with van der Waals surface area (Å²) < 4.78 is 2.37. The first-order valence-electron chi connectivity index (χ1n) is 16.0. The minimum Gasteiger partial charge on any atom is -0.387 e. The molecule has 0 aliphatic carbocycles. The molecule has 1 aliphatic rings. The average molecular weight is 601 g/mol. The van der Waals surface area contributed by atoms with E-state index >= 15 is 0 Å². The summed E-state index contributed by atoms with van der Waals surface area (Å²) in [5.41, 5.74) is 10.9. The third-order valence-electron chi connectivity index (χ3n) is 9.67. The lowest BCUT2D eigenvalue weighted by Gasteiger charge is -2.16. The molecule has 47 heavy (non-hydrogen) atoms. The summed E-state index contributed by atoms with van der Waals surface area (Å²) in [6.07, 6.45) is 6.06. The van der Waals surface area contributed by atoms with Crippen LogP contribution in [-0.2, 0) is 6.54 Å². The SMILES string of the molecule is C1=Cc2c(c3ccccc3n2-c2ccc(-c3cc(-c4ccccn4)nc(-c4ccc5ccc6cccc7ccc4c5c67)c3)cc2)CN1. The third kappa shape index (κ3) is 4.01. The van der Waals surface area contributed by atoms with Crippen LogP contribution >= 0.6 is 0 Å². The second-order valence-corrected chi connectivity index (χ2v) is 12.3.